The van der Waals surface area contributed by atoms with Gasteiger partial charge in [0.25, 0.3) is 5.91 Å². The van der Waals surface area contributed by atoms with Crippen molar-refractivity contribution in [3.05, 3.63) is 71.0 Å². The molecule has 3 aromatic rings. The van der Waals surface area contributed by atoms with E-state index in [-0.39, 0.29) is 11.9 Å². The highest BCUT2D eigenvalue weighted by Crippen LogP contribution is 2.23. The van der Waals surface area contributed by atoms with E-state index in [4.69, 9.17) is 4.42 Å². The molecule has 0 saturated heterocycles. The van der Waals surface area contributed by atoms with E-state index in [1.807, 2.05) is 44.3 Å². The number of nitrogens with one attached hydrogen (secondary N) is 2. The van der Waals surface area contributed by atoms with Crippen LogP contribution in [0.5, 0.6) is 0 Å². The molecule has 1 unspecified atom stereocenters. The maximum absolute atomic E-state index is 12.4. The van der Waals surface area contributed by atoms with Crippen molar-refractivity contribution in [2.45, 2.75) is 33.4 Å². The fourth-order valence-corrected chi connectivity index (χ4v) is 3.29. The van der Waals surface area contributed by atoms with Crippen LogP contribution in [0.4, 0.5) is 0 Å². The Morgan fingerprint density at radius 2 is 1.92 bits per heavy atom. The van der Waals surface area contributed by atoms with Crippen molar-refractivity contribution in [3.63, 3.8) is 0 Å². The van der Waals surface area contributed by atoms with Gasteiger partial charge in [-0.1, -0.05) is 42.0 Å². The molecule has 1 amide bonds. The number of carbonyl (C=O) groups is 1. The molecule has 4 nitrogen and oxygen atoms in total. The van der Waals surface area contributed by atoms with E-state index in [0.29, 0.717) is 6.54 Å². The van der Waals surface area contributed by atoms with Gasteiger partial charge in [-0.25, -0.2) is 0 Å². The van der Waals surface area contributed by atoms with Gasteiger partial charge in [-0.05, 0) is 38.5 Å². The summed E-state index contributed by atoms with van der Waals surface area (Å²) in [5.74, 6) is 0.812. The van der Waals surface area contributed by atoms with Gasteiger partial charge < -0.3 is 14.6 Å². The lowest BCUT2D eigenvalue weighted by Gasteiger charge is -2.17. The second kappa shape index (κ2) is 7.75. The van der Waals surface area contributed by atoms with Crippen LogP contribution in [-0.4, -0.2) is 19.5 Å². The van der Waals surface area contributed by atoms with Gasteiger partial charge in [0.1, 0.15) is 17.9 Å². The van der Waals surface area contributed by atoms with Crippen LogP contribution in [0.1, 0.15) is 35.4 Å². The average molecular weight is 351 g/mol. The summed E-state index contributed by atoms with van der Waals surface area (Å²) in [6.07, 6.45) is 0. The molecule has 0 saturated carbocycles. The van der Waals surface area contributed by atoms with E-state index in [1.165, 1.54) is 16.7 Å². The van der Waals surface area contributed by atoms with Crippen molar-refractivity contribution in [1.82, 2.24) is 5.32 Å². The largest absolute Gasteiger partial charge is 0.459 e. The van der Waals surface area contributed by atoms with E-state index in [2.05, 4.69) is 37.4 Å². The second-order valence-corrected chi connectivity index (χ2v) is 7.22. The number of quaternary nitrogens is 1. The third kappa shape index (κ3) is 4.33. The molecule has 0 bridgehead atoms. The van der Waals surface area contributed by atoms with Gasteiger partial charge in [0.15, 0.2) is 6.54 Å². The zero-order chi connectivity index (χ0) is 18.7. The van der Waals surface area contributed by atoms with Gasteiger partial charge in [0.2, 0.25) is 0 Å². The predicted molar refractivity (Wildman–Crippen MR) is 104 cm³/mol. The molecular formula is C22H27N2O2+. The highest BCUT2D eigenvalue weighted by atomic mass is 16.3. The number of benzene rings is 2. The Balaban J connectivity index is 1.57. The minimum atomic E-state index is -0.149. The first-order valence-electron chi connectivity index (χ1n) is 9.07. The Kier molecular flexibility index (Phi) is 5.43. The summed E-state index contributed by atoms with van der Waals surface area (Å²) < 4.78 is 5.84. The van der Waals surface area contributed by atoms with Crippen molar-refractivity contribution in [2.75, 3.05) is 13.6 Å². The van der Waals surface area contributed by atoms with Crippen LogP contribution in [0.2, 0.25) is 0 Å². The Morgan fingerprint density at radius 1 is 1.15 bits per heavy atom. The number of rotatable bonds is 6. The quantitative estimate of drug-likeness (QED) is 0.717. The van der Waals surface area contributed by atoms with Crippen LogP contribution in [0.25, 0.3) is 11.0 Å². The number of hydrogen-bond acceptors (Lipinski definition) is 2. The standard InChI is InChI=1S/C22H26N2O2/c1-15-9-10-19(16(2)11-15)13-24(4)14-22(25)23-17(3)21-12-18-7-5-6-8-20(18)26-21/h5-12,17H,13-14H2,1-4H3,(H,23,25)/p+1/t17-/m0/s1. The zero-order valence-corrected chi connectivity index (χ0v) is 15.9. The summed E-state index contributed by atoms with van der Waals surface area (Å²) in [6.45, 7) is 7.44. The number of carbonyl (C=O) groups excluding carboxylic acids is 1. The lowest BCUT2D eigenvalue weighted by atomic mass is 10.1. The number of fused-ring (bicyclic) bond motifs is 1. The van der Waals surface area contributed by atoms with Gasteiger partial charge in [-0.15, -0.1) is 0 Å². The number of para-hydroxylation sites is 1. The first kappa shape index (κ1) is 18.2. The maximum Gasteiger partial charge on any atom is 0.275 e. The molecular weight excluding hydrogens is 324 g/mol. The normalized spacial score (nSPS) is 13.5. The average Bonchev–Trinajstić information content (AvgIpc) is 3.01. The molecule has 2 N–H and O–H groups in total. The Bertz CT molecular complexity index is 880. The third-order valence-corrected chi connectivity index (χ3v) is 4.70. The van der Waals surface area contributed by atoms with Gasteiger partial charge in [0, 0.05) is 10.9 Å². The summed E-state index contributed by atoms with van der Waals surface area (Å²) in [4.78, 5) is 13.6. The fourth-order valence-electron chi connectivity index (χ4n) is 3.29. The van der Waals surface area contributed by atoms with Gasteiger partial charge >= 0.3 is 0 Å². The van der Waals surface area contributed by atoms with Crippen LogP contribution >= 0.6 is 0 Å². The van der Waals surface area contributed by atoms with E-state index in [9.17, 15) is 4.79 Å². The minimum absolute atomic E-state index is 0.0280. The highest BCUT2D eigenvalue weighted by Gasteiger charge is 2.17. The van der Waals surface area contributed by atoms with E-state index >= 15 is 0 Å². The molecule has 0 aliphatic rings. The Morgan fingerprint density at radius 3 is 2.65 bits per heavy atom. The topological polar surface area (TPSA) is 46.7 Å². The molecule has 1 heterocycles. The molecule has 0 aliphatic carbocycles. The SMILES string of the molecule is Cc1ccc(C[NH+](C)CC(=O)N[C@@H](C)c2cc3ccccc3o2)c(C)c1. The minimum Gasteiger partial charge on any atom is -0.459 e. The molecule has 26 heavy (non-hydrogen) atoms. The number of hydrogen-bond donors (Lipinski definition) is 2. The number of furan rings is 1. The monoisotopic (exact) mass is 351 g/mol. The van der Waals surface area contributed by atoms with E-state index in [1.54, 1.807) is 0 Å². The third-order valence-electron chi connectivity index (χ3n) is 4.70. The van der Waals surface area contributed by atoms with Crippen LogP contribution in [-0.2, 0) is 11.3 Å². The van der Waals surface area contributed by atoms with E-state index in [0.717, 1.165) is 28.2 Å². The Hall–Kier alpha value is -2.59. The highest BCUT2D eigenvalue weighted by molar-refractivity contribution is 5.79. The van der Waals surface area contributed by atoms with Crippen molar-refractivity contribution in [2.24, 2.45) is 0 Å². The molecule has 0 aliphatic heterocycles. The van der Waals surface area contributed by atoms with Crippen molar-refractivity contribution >= 4 is 16.9 Å². The van der Waals surface area contributed by atoms with Crippen LogP contribution < -0.4 is 10.2 Å². The molecule has 136 valence electrons. The van der Waals surface area contributed by atoms with Crippen LogP contribution in [0, 0.1) is 13.8 Å². The van der Waals surface area contributed by atoms with Gasteiger partial charge in [0.05, 0.1) is 13.1 Å². The zero-order valence-electron chi connectivity index (χ0n) is 15.9. The molecule has 0 fully saturated rings. The molecule has 0 radical (unpaired) electrons. The predicted octanol–water partition coefficient (Wildman–Crippen LogP) is 2.94. The number of aryl methyl sites for hydroxylation is 2. The van der Waals surface area contributed by atoms with Crippen molar-refractivity contribution in [3.8, 4) is 0 Å². The first-order valence-corrected chi connectivity index (χ1v) is 9.07. The fraction of sp³-hybridized carbons (Fsp3) is 0.318. The maximum atomic E-state index is 12.4. The van der Waals surface area contributed by atoms with Crippen LogP contribution in [0.15, 0.2) is 52.9 Å². The lowest BCUT2D eigenvalue weighted by molar-refractivity contribution is -0.885. The number of likely N-dealkylation sites (N-methyl/N-ethyl adjacent to an activating group) is 1. The molecule has 3 rings (SSSR count). The van der Waals surface area contributed by atoms with Gasteiger partial charge in [-0.3, -0.25) is 4.79 Å². The smallest absolute Gasteiger partial charge is 0.275 e. The summed E-state index contributed by atoms with van der Waals surface area (Å²) in [5, 5.41) is 4.10. The summed E-state index contributed by atoms with van der Waals surface area (Å²) >= 11 is 0. The molecule has 1 aromatic heterocycles. The van der Waals surface area contributed by atoms with E-state index < -0.39 is 0 Å². The molecule has 4 heteroatoms. The molecule has 0 spiro atoms. The Labute approximate surface area is 154 Å². The van der Waals surface area contributed by atoms with Crippen LogP contribution in [0.3, 0.4) is 0 Å². The molecule has 2 atom stereocenters. The number of amides is 1. The van der Waals surface area contributed by atoms with Crippen molar-refractivity contribution < 1.29 is 14.1 Å². The summed E-state index contributed by atoms with van der Waals surface area (Å²) in [5.41, 5.74) is 4.68. The molecule has 2 aromatic carbocycles. The summed E-state index contributed by atoms with van der Waals surface area (Å²) in [6, 6.07) is 16.2. The summed E-state index contributed by atoms with van der Waals surface area (Å²) in [7, 11) is 2.05. The first-order chi connectivity index (χ1) is 12.4. The second-order valence-electron chi connectivity index (χ2n) is 7.22. The van der Waals surface area contributed by atoms with Gasteiger partial charge in [-0.2, -0.15) is 0 Å². The van der Waals surface area contributed by atoms with Crippen molar-refractivity contribution in [1.29, 1.82) is 0 Å². The lowest BCUT2D eigenvalue weighted by Crippen LogP contribution is -3.09.